The van der Waals surface area contributed by atoms with E-state index in [1.807, 2.05) is 0 Å². The van der Waals surface area contributed by atoms with Crippen molar-refractivity contribution in [1.29, 1.82) is 0 Å². The molecular weight excluding hydrogens is 116 g/mol. The molecule has 3 nitrogen and oxygen atoms in total. The van der Waals surface area contributed by atoms with E-state index in [0.717, 1.165) is 19.0 Å². The van der Waals surface area contributed by atoms with Gasteiger partial charge in [0.05, 0.1) is 6.54 Å². The van der Waals surface area contributed by atoms with Crippen molar-refractivity contribution >= 4 is 0 Å². The van der Waals surface area contributed by atoms with Crippen LogP contribution in [0.1, 0.15) is 12.8 Å². The van der Waals surface area contributed by atoms with Crippen LogP contribution >= 0.6 is 0 Å². The van der Waals surface area contributed by atoms with Gasteiger partial charge in [-0.15, -0.1) is 0 Å². The van der Waals surface area contributed by atoms with Crippen LogP contribution in [-0.4, -0.2) is 13.1 Å². The molecule has 3 heteroatoms. The largest absolute Gasteiger partial charge is 0.391 e. The van der Waals surface area contributed by atoms with Crippen LogP contribution in [0.5, 0.6) is 0 Å². The van der Waals surface area contributed by atoms with Gasteiger partial charge in [0, 0.05) is 12.1 Å². The number of rotatable bonds is 0. The van der Waals surface area contributed by atoms with Gasteiger partial charge >= 0.3 is 0 Å². The third kappa shape index (κ3) is 0.772. The van der Waals surface area contributed by atoms with E-state index in [4.69, 9.17) is 4.84 Å². The molecule has 0 aliphatic carbocycles. The summed E-state index contributed by atoms with van der Waals surface area (Å²) in [6.07, 6.45) is 2.43. The lowest BCUT2D eigenvalue weighted by Crippen LogP contribution is -2.20. The molecule has 0 unspecified atom stereocenters. The molecule has 0 saturated heterocycles. The molecule has 0 atom stereocenters. The first-order chi connectivity index (χ1) is 4.47. The van der Waals surface area contributed by atoms with E-state index in [2.05, 4.69) is 10.8 Å². The lowest BCUT2D eigenvalue weighted by molar-refractivity contribution is 0.123. The van der Waals surface area contributed by atoms with Crippen molar-refractivity contribution in [2.24, 2.45) is 0 Å². The minimum Gasteiger partial charge on any atom is -0.391 e. The molecule has 0 aromatic rings. The van der Waals surface area contributed by atoms with E-state index in [0.29, 0.717) is 0 Å². The topological polar surface area (TPSA) is 33.3 Å². The van der Waals surface area contributed by atoms with E-state index >= 15 is 0 Å². The lowest BCUT2D eigenvalue weighted by atomic mass is 10.1. The maximum absolute atomic E-state index is 5.08. The highest BCUT2D eigenvalue weighted by Gasteiger charge is 2.18. The molecule has 0 spiro atoms. The molecule has 2 aliphatic heterocycles. The normalized spacial score (nSPS) is 24.9. The first-order valence-electron chi connectivity index (χ1n) is 3.32. The summed E-state index contributed by atoms with van der Waals surface area (Å²) in [6, 6.07) is 0. The zero-order chi connectivity index (χ0) is 6.10. The van der Waals surface area contributed by atoms with Crippen molar-refractivity contribution in [3.63, 3.8) is 0 Å². The lowest BCUT2D eigenvalue weighted by Gasteiger charge is -2.12. The Morgan fingerprint density at radius 2 is 2.44 bits per heavy atom. The van der Waals surface area contributed by atoms with E-state index in [9.17, 15) is 0 Å². The summed E-state index contributed by atoms with van der Waals surface area (Å²) in [6.45, 7) is 1.96. The average molecular weight is 126 g/mol. The molecule has 0 aromatic carbocycles. The summed E-state index contributed by atoms with van der Waals surface area (Å²) in [7, 11) is 0. The van der Waals surface area contributed by atoms with Crippen LogP contribution in [0.2, 0.25) is 0 Å². The molecule has 0 aromatic heterocycles. The first kappa shape index (κ1) is 5.11. The Hall–Kier alpha value is -0.700. The highest BCUT2D eigenvalue weighted by molar-refractivity contribution is 5.14. The van der Waals surface area contributed by atoms with Gasteiger partial charge in [-0.3, -0.25) is 0 Å². The molecule has 0 radical (unpaired) electrons. The SMILES string of the molecule is C1CNC2=C(C1)CNO2. The van der Waals surface area contributed by atoms with Crippen molar-refractivity contribution in [2.45, 2.75) is 12.8 Å². The monoisotopic (exact) mass is 126 g/mol. The van der Waals surface area contributed by atoms with E-state index < -0.39 is 0 Å². The van der Waals surface area contributed by atoms with Gasteiger partial charge in [-0.2, -0.15) is 5.48 Å². The van der Waals surface area contributed by atoms with E-state index in [-0.39, 0.29) is 0 Å². The summed E-state index contributed by atoms with van der Waals surface area (Å²) < 4.78 is 0. The van der Waals surface area contributed by atoms with Gasteiger partial charge in [-0.05, 0) is 12.8 Å². The minimum absolute atomic E-state index is 0.905. The predicted octanol–water partition coefficient (Wildman–Crippen LogP) is 0.116. The molecule has 2 rings (SSSR count). The molecule has 0 bridgehead atoms. The van der Waals surface area contributed by atoms with Gasteiger partial charge in [0.15, 0.2) is 0 Å². The number of nitrogens with one attached hydrogen (secondary N) is 2. The maximum Gasteiger partial charge on any atom is 0.212 e. The van der Waals surface area contributed by atoms with Crippen molar-refractivity contribution < 1.29 is 4.84 Å². The van der Waals surface area contributed by atoms with Gasteiger partial charge in [0.2, 0.25) is 5.88 Å². The van der Waals surface area contributed by atoms with Crippen LogP contribution in [0.4, 0.5) is 0 Å². The Morgan fingerprint density at radius 3 is 3.33 bits per heavy atom. The molecular formula is C6H10N2O. The van der Waals surface area contributed by atoms with Crippen molar-refractivity contribution in [3.8, 4) is 0 Å². The second-order valence-corrected chi connectivity index (χ2v) is 2.39. The van der Waals surface area contributed by atoms with Gasteiger partial charge in [-0.25, -0.2) is 0 Å². The molecule has 9 heavy (non-hydrogen) atoms. The smallest absolute Gasteiger partial charge is 0.212 e. The standard InChI is InChI=1S/C6H10N2O/c1-2-5-4-8-9-6(5)7-3-1/h7-8H,1-4H2. The van der Waals surface area contributed by atoms with Crippen molar-refractivity contribution in [1.82, 2.24) is 10.8 Å². The van der Waals surface area contributed by atoms with Crippen LogP contribution in [0.15, 0.2) is 11.5 Å². The fourth-order valence-electron chi connectivity index (χ4n) is 1.21. The number of hydroxylamine groups is 1. The van der Waals surface area contributed by atoms with Crippen molar-refractivity contribution in [2.75, 3.05) is 13.1 Å². The summed E-state index contributed by atoms with van der Waals surface area (Å²) in [5.41, 5.74) is 4.22. The first-order valence-corrected chi connectivity index (χ1v) is 3.32. The zero-order valence-electron chi connectivity index (χ0n) is 5.24. The van der Waals surface area contributed by atoms with Crippen LogP contribution in [-0.2, 0) is 4.84 Å². The quantitative estimate of drug-likeness (QED) is 0.483. The molecule has 2 N–H and O–H groups in total. The Morgan fingerprint density at radius 1 is 1.44 bits per heavy atom. The van der Waals surface area contributed by atoms with Gasteiger partial charge in [0.1, 0.15) is 0 Å². The molecule has 0 fully saturated rings. The van der Waals surface area contributed by atoms with Gasteiger partial charge < -0.3 is 10.2 Å². The minimum atomic E-state index is 0.905. The second kappa shape index (κ2) is 1.92. The summed E-state index contributed by atoms with van der Waals surface area (Å²) in [5.74, 6) is 0.973. The third-order valence-electron chi connectivity index (χ3n) is 1.72. The number of hydrogen-bond donors (Lipinski definition) is 2. The van der Waals surface area contributed by atoms with Crippen LogP contribution in [0.3, 0.4) is 0 Å². The Labute approximate surface area is 54.0 Å². The summed E-state index contributed by atoms with van der Waals surface area (Å²) in [4.78, 5) is 5.08. The van der Waals surface area contributed by atoms with Gasteiger partial charge in [0.25, 0.3) is 0 Å². The van der Waals surface area contributed by atoms with E-state index in [1.165, 1.54) is 18.4 Å². The zero-order valence-corrected chi connectivity index (χ0v) is 5.24. The van der Waals surface area contributed by atoms with Crippen molar-refractivity contribution in [3.05, 3.63) is 11.5 Å². The second-order valence-electron chi connectivity index (χ2n) is 2.39. The summed E-state index contributed by atoms with van der Waals surface area (Å²) >= 11 is 0. The van der Waals surface area contributed by atoms with Gasteiger partial charge in [-0.1, -0.05) is 0 Å². The average Bonchev–Trinajstić information content (AvgIpc) is 2.33. The fourth-order valence-corrected chi connectivity index (χ4v) is 1.21. The molecule has 50 valence electrons. The van der Waals surface area contributed by atoms with E-state index in [1.54, 1.807) is 0 Å². The molecule has 0 saturated carbocycles. The Bertz CT molecular complexity index is 137. The number of hydrogen-bond acceptors (Lipinski definition) is 3. The molecule has 2 aliphatic rings. The predicted molar refractivity (Wildman–Crippen MR) is 33.4 cm³/mol. The third-order valence-corrected chi connectivity index (χ3v) is 1.72. The molecule has 0 amide bonds. The highest BCUT2D eigenvalue weighted by atomic mass is 16.7. The highest BCUT2D eigenvalue weighted by Crippen LogP contribution is 2.17. The fraction of sp³-hybridized carbons (Fsp3) is 0.667. The van der Waals surface area contributed by atoms with Crippen LogP contribution in [0.25, 0.3) is 0 Å². The molecule has 2 heterocycles. The Kier molecular flexibility index (Phi) is 1.09. The van der Waals surface area contributed by atoms with Crippen LogP contribution in [0, 0.1) is 0 Å². The maximum atomic E-state index is 5.08. The summed E-state index contributed by atoms with van der Waals surface area (Å²) in [5, 5.41) is 3.18. The Balaban J connectivity index is 2.17. The van der Waals surface area contributed by atoms with Crippen LogP contribution < -0.4 is 10.8 Å².